The zero-order chi connectivity index (χ0) is 13.1. The molecule has 0 atom stereocenters. The molecule has 1 aromatic carbocycles. The molecule has 2 rings (SSSR count). The molecule has 2 aromatic rings. The number of nitrogens with zero attached hydrogens (tertiary/aromatic N) is 1. The van der Waals surface area contributed by atoms with Crippen molar-refractivity contribution < 1.29 is 9.18 Å². The van der Waals surface area contributed by atoms with Crippen molar-refractivity contribution in [1.82, 2.24) is 4.37 Å². The third kappa shape index (κ3) is 2.57. The van der Waals surface area contributed by atoms with E-state index in [-0.39, 0.29) is 17.2 Å². The largest absolute Gasteiger partial charge is 0.382 e. The Morgan fingerprint density at radius 1 is 1.39 bits per heavy atom. The van der Waals surface area contributed by atoms with Crippen molar-refractivity contribution in [2.75, 3.05) is 11.1 Å². The third-order valence-electron chi connectivity index (χ3n) is 2.33. The molecule has 18 heavy (non-hydrogen) atoms. The van der Waals surface area contributed by atoms with Crippen molar-refractivity contribution in [2.24, 2.45) is 5.73 Å². The summed E-state index contributed by atoms with van der Waals surface area (Å²) < 4.78 is 16.6. The number of hydrogen-bond donors (Lipinski definition) is 3. The number of primary amides is 1. The van der Waals surface area contributed by atoms with Gasteiger partial charge in [-0.15, -0.1) is 0 Å². The fourth-order valence-corrected chi connectivity index (χ4v) is 2.16. The lowest BCUT2D eigenvalue weighted by molar-refractivity contribution is 0.100. The molecule has 1 aromatic heterocycles. The topological polar surface area (TPSA) is 94.0 Å². The average Bonchev–Trinajstić information content (AvgIpc) is 2.70. The van der Waals surface area contributed by atoms with Gasteiger partial charge in [-0.05, 0) is 29.2 Å². The maximum atomic E-state index is 12.7. The van der Waals surface area contributed by atoms with Crippen molar-refractivity contribution in [1.29, 1.82) is 0 Å². The zero-order valence-electron chi connectivity index (χ0n) is 9.31. The SMILES string of the molecule is NC(=O)c1c(N)nsc1NCc1ccc(F)cc1. The van der Waals surface area contributed by atoms with Gasteiger partial charge in [0.1, 0.15) is 16.4 Å². The van der Waals surface area contributed by atoms with E-state index >= 15 is 0 Å². The second-order valence-electron chi connectivity index (χ2n) is 3.62. The van der Waals surface area contributed by atoms with Gasteiger partial charge >= 0.3 is 0 Å². The highest BCUT2D eigenvalue weighted by atomic mass is 32.1. The van der Waals surface area contributed by atoms with E-state index in [1.807, 2.05) is 0 Å². The van der Waals surface area contributed by atoms with Crippen LogP contribution in [0.4, 0.5) is 15.2 Å². The Kier molecular flexibility index (Phi) is 3.42. The summed E-state index contributed by atoms with van der Waals surface area (Å²) in [7, 11) is 0. The van der Waals surface area contributed by atoms with Crippen LogP contribution in [0, 0.1) is 5.82 Å². The molecule has 0 aliphatic rings. The molecular weight excluding hydrogens is 255 g/mol. The first-order valence-electron chi connectivity index (χ1n) is 5.11. The number of nitrogens with one attached hydrogen (secondary N) is 1. The van der Waals surface area contributed by atoms with Crippen LogP contribution in [-0.4, -0.2) is 10.3 Å². The lowest BCUT2D eigenvalue weighted by atomic mass is 10.2. The highest BCUT2D eigenvalue weighted by Gasteiger charge is 2.16. The van der Waals surface area contributed by atoms with E-state index in [4.69, 9.17) is 11.5 Å². The lowest BCUT2D eigenvalue weighted by Gasteiger charge is -2.05. The van der Waals surface area contributed by atoms with Crippen molar-refractivity contribution in [3.8, 4) is 0 Å². The molecule has 0 radical (unpaired) electrons. The predicted molar refractivity (Wildman–Crippen MR) is 68.8 cm³/mol. The van der Waals surface area contributed by atoms with E-state index in [1.54, 1.807) is 12.1 Å². The second-order valence-corrected chi connectivity index (χ2v) is 4.39. The maximum absolute atomic E-state index is 12.7. The number of nitrogen functional groups attached to an aromatic ring is 1. The minimum atomic E-state index is -0.622. The molecule has 0 aliphatic carbocycles. The molecule has 0 bridgehead atoms. The first kappa shape index (κ1) is 12.3. The molecular formula is C11H11FN4OS. The average molecular weight is 266 g/mol. The van der Waals surface area contributed by atoms with Gasteiger partial charge in [-0.2, -0.15) is 4.37 Å². The van der Waals surface area contributed by atoms with Crippen LogP contribution in [0.1, 0.15) is 15.9 Å². The highest BCUT2D eigenvalue weighted by Crippen LogP contribution is 2.26. The van der Waals surface area contributed by atoms with Crippen LogP contribution in [-0.2, 0) is 6.54 Å². The van der Waals surface area contributed by atoms with Gasteiger partial charge in [0.05, 0.1) is 0 Å². The number of carbonyl (C=O) groups excluding carboxylic acids is 1. The Hall–Kier alpha value is -2.15. The number of benzene rings is 1. The predicted octanol–water partition coefficient (Wildman–Crippen LogP) is 1.58. The summed E-state index contributed by atoms with van der Waals surface area (Å²) in [6.07, 6.45) is 0. The summed E-state index contributed by atoms with van der Waals surface area (Å²) in [6, 6.07) is 6.04. The van der Waals surface area contributed by atoms with Crippen molar-refractivity contribution in [2.45, 2.75) is 6.54 Å². The van der Waals surface area contributed by atoms with Gasteiger partial charge in [-0.1, -0.05) is 12.1 Å². The summed E-state index contributed by atoms with van der Waals surface area (Å²) in [5.74, 6) is -0.796. The number of amides is 1. The van der Waals surface area contributed by atoms with Crippen LogP contribution in [0.3, 0.4) is 0 Å². The number of aromatic nitrogens is 1. The first-order valence-corrected chi connectivity index (χ1v) is 5.88. The minimum absolute atomic E-state index is 0.120. The Labute approximate surface area is 107 Å². The molecule has 1 heterocycles. The van der Waals surface area contributed by atoms with E-state index in [2.05, 4.69) is 9.69 Å². The summed E-state index contributed by atoms with van der Waals surface area (Å²) in [6.45, 7) is 0.433. The smallest absolute Gasteiger partial charge is 0.255 e. The van der Waals surface area contributed by atoms with E-state index in [0.29, 0.717) is 11.5 Å². The zero-order valence-corrected chi connectivity index (χ0v) is 10.1. The minimum Gasteiger partial charge on any atom is -0.382 e. The van der Waals surface area contributed by atoms with Crippen LogP contribution in [0.15, 0.2) is 24.3 Å². The third-order valence-corrected chi connectivity index (χ3v) is 3.15. The second kappa shape index (κ2) is 5.01. The van der Waals surface area contributed by atoms with Gasteiger partial charge in [0.2, 0.25) is 0 Å². The molecule has 0 saturated carbocycles. The molecule has 0 fully saturated rings. The summed E-state index contributed by atoms with van der Waals surface area (Å²) in [5, 5.41) is 3.52. The number of hydrogen-bond acceptors (Lipinski definition) is 5. The van der Waals surface area contributed by atoms with E-state index in [9.17, 15) is 9.18 Å². The van der Waals surface area contributed by atoms with E-state index < -0.39 is 5.91 Å². The monoisotopic (exact) mass is 266 g/mol. The first-order chi connectivity index (χ1) is 8.58. The van der Waals surface area contributed by atoms with Crippen molar-refractivity contribution in [3.05, 3.63) is 41.2 Å². The molecule has 0 unspecified atom stereocenters. The van der Waals surface area contributed by atoms with Crippen molar-refractivity contribution in [3.63, 3.8) is 0 Å². The van der Waals surface area contributed by atoms with Gasteiger partial charge < -0.3 is 16.8 Å². The Morgan fingerprint density at radius 3 is 2.67 bits per heavy atom. The number of halogens is 1. The number of rotatable bonds is 4. The summed E-state index contributed by atoms with van der Waals surface area (Å²) in [5.41, 5.74) is 11.8. The van der Waals surface area contributed by atoms with Gasteiger partial charge in [-0.3, -0.25) is 4.79 Å². The number of nitrogens with two attached hydrogens (primary N) is 2. The molecule has 7 heteroatoms. The molecule has 5 nitrogen and oxygen atoms in total. The molecule has 94 valence electrons. The quantitative estimate of drug-likeness (QED) is 0.783. The Morgan fingerprint density at radius 2 is 2.06 bits per heavy atom. The van der Waals surface area contributed by atoms with Crippen molar-refractivity contribution >= 4 is 28.3 Å². The van der Waals surface area contributed by atoms with Crippen LogP contribution >= 0.6 is 11.5 Å². The number of carbonyl (C=O) groups is 1. The standard InChI is InChI=1S/C11H11FN4OS/c12-7-3-1-6(2-4-7)5-15-11-8(10(14)17)9(13)16-18-11/h1-4,15H,5H2,(H2,13,16)(H2,14,17). The molecule has 0 saturated heterocycles. The highest BCUT2D eigenvalue weighted by molar-refractivity contribution is 7.11. The van der Waals surface area contributed by atoms with Crippen LogP contribution in [0.2, 0.25) is 0 Å². The maximum Gasteiger partial charge on any atom is 0.255 e. The number of anilines is 2. The van der Waals surface area contributed by atoms with Crippen LogP contribution < -0.4 is 16.8 Å². The van der Waals surface area contributed by atoms with Crippen LogP contribution in [0.5, 0.6) is 0 Å². The molecule has 5 N–H and O–H groups in total. The van der Waals surface area contributed by atoms with Gasteiger partial charge in [0.15, 0.2) is 5.82 Å². The summed E-state index contributed by atoms with van der Waals surface area (Å²) in [4.78, 5) is 11.2. The Balaban J connectivity index is 2.11. The Bertz CT molecular complexity index is 567. The fourth-order valence-electron chi connectivity index (χ4n) is 1.45. The fraction of sp³-hybridized carbons (Fsp3) is 0.0909. The lowest BCUT2D eigenvalue weighted by Crippen LogP contribution is -2.14. The van der Waals surface area contributed by atoms with E-state index in [0.717, 1.165) is 17.1 Å². The van der Waals surface area contributed by atoms with Crippen LogP contribution in [0.25, 0.3) is 0 Å². The summed E-state index contributed by atoms with van der Waals surface area (Å²) >= 11 is 1.07. The van der Waals surface area contributed by atoms with E-state index in [1.165, 1.54) is 12.1 Å². The molecule has 0 spiro atoms. The van der Waals surface area contributed by atoms with Gasteiger partial charge in [0, 0.05) is 6.54 Å². The van der Waals surface area contributed by atoms with Gasteiger partial charge in [0.25, 0.3) is 5.91 Å². The van der Waals surface area contributed by atoms with Gasteiger partial charge in [-0.25, -0.2) is 4.39 Å². The normalized spacial score (nSPS) is 10.3. The molecule has 1 amide bonds. The molecule has 0 aliphatic heterocycles.